The highest BCUT2D eigenvalue weighted by Crippen LogP contribution is 2.40. The van der Waals surface area contributed by atoms with Crippen LogP contribution in [0.15, 0.2) is 12.1 Å². The Balaban J connectivity index is 2.31. The van der Waals surface area contributed by atoms with Gasteiger partial charge in [0.25, 0.3) is 5.69 Å². The van der Waals surface area contributed by atoms with Crippen LogP contribution >= 0.6 is 0 Å². The molecule has 0 atom stereocenters. The molecule has 0 unspecified atom stereocenters. The number of nitro groups is 1. The van der Waals surface area contributed by atoms with E-state index in [0.29, 0.717) is 18.0 Å². The van der Waals surface area contributed by atoms with Gasteiger partial charge in [-0.3, -0.25) is 14.9 Å². The van der Waals surface area contributed by atoms with Crippen molar-refractivity contribution in [2.75, 3.05) is 18.7 Å². The number of hydrogen-bond acceptors (Lipinski definition) is 6. The Bertz CT molecular complexity index is 585. The van der Waals surface area contributed by atoms with Crippen molar-refractivity contribution in [3.05, 3.63) is 22.2 Å². The fourth-order valence-corrected chi connectivity index (χ4v) is 1.98. The van der Waals surface area contributed by atoms with Crippen molar-refractivity contribution in [3.8, 4) is 11.5 Å². The zero-order valence-corrected chi connectivity index (χ0v) is 12.1. The second kappa shape index (κ2) is 5.57. The maximum Gasteiger partial charge on any atom is 0.296 e. The van der Waals surface area contributed by atoms with Gasteiger partial charge in [-0.2, -0.15) is 0 Å². The molecule has 0 saturated carbocycles. The fraction of sp³-hybridized carbons (Fsp3) is 0.462. The second-order valence-electron chi connectivity index (χ2n) is 5.09. The Morgan fingerprint density at radius 3 is 2.57 bits per heavy atom. The molecule has 0 fully saturated rings. The van der Waals surface area contributed by atoms with Crippen LogP contribution in [-0.2, 0) is 4.79 Å². The molecule has 1 amide bonds. The summed E-state index contributed by atoms with van der Waals surface area (Å²) in [4.78, 5) is 22.8. The number of fused-ring (bicyclic) bond motifs is 1. The molecule has 1 heterocycles. The number of carbonyl (C=O) groups excluding carboxylic acids is 1. The first-order chi connectivity index (χ1) is 9.85. The summed E-state index contributed by atoms with van der Waals surface area (Å²) in [6.45, 7) is 5.88. The summed E-state index contributed by atoms with van der Waals surface area (Å²) in [6, 6.07) is 2.65. The number of nitro benzene ring substituents is 1. The fourth-order valence-electron chi connectivity index (χ4n) is 1.98. The molecule has 8 heteroatoms. The largest absolute Gasteiger partial charge is 0.454 e. The average Bonchev–Trinajstić information content (AvgIpc) is 2.84. The molecular weight excluding hydrogens is 278 g/mol. The summed E-state index contributed by atoms with van der Waals surface area (Å²) in [6.07, 6.45) is 0. The molecule has 1 aliphatic heterocycles. The van der Waals surface area contributed by atoms with Gasteiger partial charge < -0.3 is 20.1 Å². The van der Waals surface area contributed by atoms with Gasteiger partial charge in [-0.05, 0) is 20.4 Å². The highest BCUT2D eigenvalue weighted by Gasteiger charge is 2.30. The molecule has 2 rings (SSSR count). The van der Waals surface area contributed by atoms with Gasteiger partial charge >= 0.3 is 0 Å². The Hall–Kier alpha value is -2.35. The summed E-state index contributed by atoms with van der Waals surface area (Å²) < 4.78 is 10.3. The van der Waals surface area contributed by atoms with Crippen molar-refractivity contribution in [2.45, 2.75) is 26.3 Å². The first kappa shape index (κ1) is 15.0. The molecule has 0 saturated heterocycles. The number of amides is 1. The molecule has 8 nitrogen and oxygen atoms in total. The summed E-state index contributed by atoms with van der Waals surface area (Å²) >= 11 is 0. The number of nitrogens with one attached hydrogen (secondary N) is 2. The molecule has 114 valence electrons. The Morgan fingerprint density at radius 2 is 2.00 bits per heavy atom. The van der Waals surface area contributed by atoms with Crippen LogP contribution in [0.25, 0.3) is 0 Å². The number of ether oxygens (including phenoxy) is 2. The molecule has 0 aliphatic carbocycles. The summed E-state index contributed by atoms with van der Waals surface area (Å²) in [5, 5.41) is 16.7. The van der Waals surface area contributed by atoms with E-state index in [-0.39, 0.29) is 24.1 Å². The lowest BCUT2D eigenvalue weighted by Gasteiger charge is -2.24. The third kappa shape index (κ3) is 3.05. The minimum absolute atomic E-state index is 0.00672. The molecule has 1 aromatic carbocycles. The van der Waals surface area contributed by atoms with Gasteiger partial charge in [0.05, 0.1) is 16.5 Å². The van der Waals surface area contributed by atoms with E-state index in [0.717, 1.165) is 0 Å². The second-order valence-corrected chi connectivity index (χ2v) is 5.09. The highest BCUT2D eigenvalue weighted by molar-refractivity contribution is 5.99. The van der Waals surface area contributed by atoms with E-state index in [9.17, 15) is 14.9 Å². The Labute approximate surface area is 121 Å². The number of likely N-dealkylation sites (N-methyl/N-ethyl adjacent to an activating group) is 1. The minimum Gasteiger partial charge on any atom is -0.454 e. The number of carbonyl (C=O) groups is 1. The lowest BCUT2D eigenvalue weighted by molar-refractivity contribution is -0.384. The van der Waals surface area contributed by atoms with Crippen LogP contribution in [0.2, 0.25) is 0 Å². The van der Waals surface area contributed by atoms with Crippen LogP contribution in [0.1, 0.15) is 20.8 Å². The topological polar surface area (TPSA) is 103 Å². The van der Waals surface area contributed by atoms with Crippen LogP contribution in [0.5, 0.6) is 11.5 Å². The monoisotopic (exact) mass is 295 g/mol. The average molecular weight is 295 g/mol. The number of nitrogens with zero attached hydrogens (tertiary/aromatic N) is 1. The van der Waals surface area contributed by atoms with Crippen LogP contribution < -0.4 is 20.1 Å². The smallest absolute Gasteiger partial charge is 0.296 e. The standard InChI is InChI=1S/C13H17N3O5/c1-4-14-13(2,3)12(17)15-8-5-10-11(21-7-20-10)6-9(8)16(18)19/h5-6,14H,4,7H2,1-3H3,(H,15,17). The van der Waals surface area contributed by atoms with Gasteiger partial charge in [-0.1, -0.05) is 6.92 Å². The van der Waals surface area contributed by atoms with E-state index in [1.165, 1.54) is 12.1 Å². The first-order valence-electron chi connectivity index (χ1n) is 6.49. The lowest BCUT2D eigenvalue weighted by Crippen LogP contribution is -2.49. The molecule has 0 aromatic heterocycles. The highest BCUT2D eigenvalue weighted by atomic mass is 16.7. The quantitative estimate of drug-likeness (QED) is 0.632. The maximum absolute atomic E-state index is 12.2. The molecule has 1 aromatic rings. The van der Waals surface area contributed by atoms with E-state index in [2.05, 4.69) is 10.6 Å². The van der Waals surface area contributed by atoms with Gasteiger partial charge in [0.15, 0.2) is 11.5 Å². The van der Waals surface area contributed by atoms with Gasteiger partial charge in [0, 0.05) is 6.07 Å². The third-order valence-corrected chi connectivity index (χ3v) is 3.12. The molecule has 0 spiro atoms. The van der Waals surface area contributed by atoms with E-state index in [4.69, 9.17) is 9.47 Å². The number of rotatable bonds is 5. The van der Waals surface area contributed by atoms with Crippen molar-refractivity contribution in [1.29, 1.82) is 0 Å². The summed E-state index contributed by atoms with van der Waals surface area (Å²) in [5.41, 5.74) is -1.00. The normalized spacial score (nSPS) is 13.1. The molecule has 1 aliphatic rings. The number of hydrogen-bond donors (Lipinski definition) is 2. The van der Waals surface area contributed by atoms with E-state index >= 15 is 0 Å². The van der Waals surface area contributed by atoms with Crippen LogP contribution in [0, 0.1) is 10.1 Å². The third-order valence-electron chi connectivity index (χ3n) is 3.12. The molecule has 21 heavy (non-hydrogen) atoms. The molecule has 2 N–H and O–H groups in total. The van der Waals surface area contributed by atoms with E-state index < -0.39 is 10.5 Å². The predicted molar refractivity (Wildman–Crippen MR) is 75.6 cm³/mol. The lowest BCUT2D eigenvalue weighted by atomic mass is 10.0. The van der Waals surface area contributed by atoms with E-state index in [1.54, 1.807) is 13.8 Å². The van der Waals surface area contributed by atoms with E-state index in [1.807, 2.05) is 6.92 Å². The number of benzene rings is 1. The van der Waals surface area contributed by atoms with Gasteiger partial charge in [0.1, 0.15) is 5.69 Å². The predicted octanol–water partition coefficient (Wildman–Crippen LogP) is 1.65. The van der Waals surface area contributed by atoms with Crippen molar-refractivity contribution < 1.29 is 19.2 Å². The van der Waals surface area contributed by atoms with Gasteiger partial charge in [0.2, 0.25) is 12.7 Å². The van der Waals surface area contributed by atoms with Crippen molar-refractivity contribution in [1.82, 2.24) is 5.32 Å². The van der Waals surface area contributed by atoms with Crippen LogP contribution in [-0.4, -0.2) is 29.7 Å². The van der Waals surface area contributed by atoms with Crippen molar-refractivity contribution in [3.63, 3.8) is 0 Å². The Morgan fingerprint density at radius 1 is 1.38 bits per heavy atom. The minimum atomic E-state index is -0.848. The van der Waals surface area contributed by atoms with Gasteiger partial charge in [-0.15, -0.1) is 0 Å². The molecular formula is C13H17N3O5. The summed E-state index contributed by atoms with van der Waals surface area (Å²) in [5.74, 6) is 0.300. The van der Waals surface area contributed by atoms with Gasteiger partial charge in [-0.25, -0.2) is 0 Å². The first-order valence-corrected chi connectivity index (χ1v) is 6.49. The molecule has 0 radical (unpaired) electrons. The molecule has 0 bridgehead atoms. The maximum atomic E-state index is 12.2. The zero-order valence-electron chi connectivity index (χ0n) is 12.1. The number of anilines is 1. The zero-order chi connectivity index (χ0) is 15.6. The summed E-state index contributed by atoms with van der Waals surface area (Å²) in [7, 11) is 0. The van der Waals surface area contributed by atoms with Crippen LogP contribution in [0.3, 0.4) is 0 Å². The van der Waals surface area contributed by atoms with Crippen molar-refractivity contribution in [2.24, 2.45) is 0 Å². The van der Waals surface area contributed by atoms with Crippen molar-refractivity contribution >= 4 is 17.3 Å². The van der Waals surface area contributed by atoms with Crippen LogP contribution in [0.4, 0.5) is 11.4 Å². The Kier molecular flexibility index (Phi) is 3.99. The SMILES string of the molecule is CCNC(C)(C)C(=O)Nc1cc2c(cc1[N+](=O)[O-])OCO2.